The average molecular weight is 391 g/mol. The minimum absolute atomic E-state index is 0.0236. The maximum Gasteiger partial charge on any atom is 0.237 e. The Morgan fingerprint density at radius 1 is 1.14 bits per heavy atom. The molecule has 5 nitrogen and oxygen atoms in total. The first-order valence-corrected chi connectivity index (χ1v) is 10.4. The third-order valence-electron chi connectivity index (χ3n) is 4.81. The zero-order valence-corrected chi connectivity index (χ0v) is 16.2. The normalized spacial score (nSPS) is 16.1. The number of para-hydroxylation sites is 1. The van der Waals surface area contributed by atoms with E-state index in [0.717, 1.165) is 35.1 Å². The molecule has 2 amide bonds. The Labute approximate surface area is 167 Å². The van der Waals surface area contributed by atoms with Crippen LogP contribution in [0, 0.1) is 0 Å². The summed E-state index contributed by atoms with van der Waals surface area (Å²) >= 11 is 1.55. The number of anilines is 2. The van der Waals surface area contributed by atoms with Crippen LogP contribution in [-0.4, -0.2) is 27.8 Å². The van der Waals surface area contributed by atoms with E-state index < -0.39 is 0 Å². The molecule has 1 aliphatic rings. The highest BCUT2D eigenvalue weighted by molar-refractivity contribution is 8.00. The van der Waals surface area contributed by atoms with E-state index in [9.17, 15) is 9.59 Å². The molecule has 2 aromatic carbocycles. The van der Waals surface area contributed by atoms with Crippen molar-refractivity contribution in [3.05, 3.63) is 66.4 Å². The molecule has 1 atom stereocenters. The van der Waals surface area contributed by atoms with Crippen molar-refractivity contribution in [2.24, 2.45) is 0 Å². The Hall–Kier alpha value is -2.86. The Morgan fingerprint density at radius 3 is 2.96 bits per heavy atom. The van der Waals surface area contributed by atoms with Gasteiger partial charge in [-0.2, -0.15) is 0 Å². The van der Waals surface area contributed by atoms with Gasteiger partial charge >= 0.3 is 0 Å². The van der Waals surface area contributed by atoms with Gasteiger partial charge in [-0.3, -0.25) is 14.6 Å². The number of pyridine rings is 1. The summed E-state index contributed by atoms with van der Waals surface area (Å²) < 4.78 is 0. The number of carbonyl (C=O) groups excluding carboxylic acids is 2. The van der Waals surface area contributed by atoms with E-state index in [4.69, 9.17) is 0 Å². The van der Waals surface area contributed by atoms with E-state index in [1.54, 1.807) is 18.0 Å². The predicted molar refractivity (Wildman–Crippen MR) is 115 cm³/mol. The quantitative estimate of drug-likeness (QED) is 0.682. The molecule has 2 N–H and O–H groups in total. The molecular formula is C22H21N3O2S. The van der Waals surface area contributed by atoms with E-state index in [1.807, 2.05) is 48.5 Å². The molecule has 142 valence electrons. The average Bonchev–Trinajstić information content (AvgIpc) is 2.87. The summed E-state index contributed by atoms with van der Waals surface area (Å²) in [7, 11) is 0. The zero-order chi connectivity index (χ0) is 19.3. The van der Waals surface area contributed by atoms with E-state index in [2.05, 4.69) is 21.7 Å². The number of nitrogens with one attached hydrogen (secondary N) is 2. The van der Waals surface area contributed by atoms with Gasteiger partial charge in [0, 0.05) is 29.4 Å². The van der Waals surface area contributed by atoms with Crippen molar-refractivity contribution < 1.29 is 9.59 Å². The number of aryl methyl sites for hydroxylation is 1. The van der Waals surface area contributed by atoms with Crippen LogP contribution in [0.15, 0.2) is 60.8 Å². The van der Waals surface area contributed by atoms with Crippen molar-refractivity contribution >= 4 is 45.9 Å². The molecule has 0 saturated heterocycles. The second kappa shape index (κ2) is 8.44. The number of fused-ring (bicyclic) bond motifs is 2. The van der Waals surface area contributed by atoms with Crippen LogP contribution in [0.5, 0.6) is 0 Å². The fraction of sp³-hybridized carbons (Fsp3) is 0.227. The first-order chi connectivity index (χ1) is 13.7. The Morgan fingerprint density at radius 2 is 2.04 bits per heavy atom. The molecular weight excluding hydrogens is 370 g/mol. The van der Waals surface area contributed by atoms with Gasteiger partial charge in [0.05, 0.1) is 16.5 Å². The SMILES string of the molecule is O=C(CCS[C@@H]1CCc2ccccc2NC1=O)Nc1cccc2ncccc12. The number of carbonyl (C=O) groups is 2. The fourth-order valence-corrected chi connectivity index (χ4v) is 4.45. The smallest absolute Gasteiger partial charge is 0.237 e. The monoisotopic (exact) mass is 391 g/mol. The lowest BCUT2D eigenvalue weighted by Crippen LogP contribution is -2.24. The van der Waals surface area contributed by atoms with Gasteiger partial charge < -0.3 is 10.6 Å². The molecule has 1 aliphatic heterocycles. The largest absolute Gasteiger partial charge is 0.325 e. The zero-order valence-electron chi connectivity index (χ0n) is 15.4. The number of rotatable bonds is 5. The summed E-state index contributed by atoms with van der Waals surface area (Å²) in [5.74, 6) is 0.570. The maximum absolute atomic E-state index is 12.5. The van der Waals surface area contributed by atoms with Gasteiger partial charge in [0.2, 0.25) is 11.8 Å². The third-order valence-corrected chi connectivity index (χ3v) is 6.10. The summed E-state index contributed by atoms with van der Waals surface area (Å²) in [6, 6.07) is 17.4. The van der Waals surface area contributed by atoms with Crippen molar-refractivity contribution in [2.45, 2.75) is 24.5 Å². The topological polar surface area (TPSA) is 71.1 Å². The molecule has 6 heteroatoms. The number of thioether (sulfide) groups is 1. The summed E-state index contributed by atoms with van der Waals surface area (Å²) in [5.41, 5.74) is 3.69. The number of hydrogen-bond acceptors (Lipinski definition) is 4. The molecule has 0 fully saturated rings. The summed E-state index contributed by atoms with van der Waals surface area (Å²) in [6.45, 7) is 0. The van der Waals surface area contributed by atoms with Gasteiger partial charge in [0.15, 0.2) is 0 Å². The first kappa shape index (κ1) is 18.5. The second-order valence-corrected chi connectivity index (χ2v) is 8.03. The molecule has 28 heavy (non-hydrogen) atoms. The molecule has 1 aromatic heterocycles. The molecule has 0 unspecified atom stereocenters. The molecule has 2 heterocycles. The Bertz CT molecular complexity index is 1020. The van der Waals surface area contributed by atoms with Crippen LogP contribution in [0.1, 0.15) is 18.4 Å². The van der Waals surface area contributed by atoms with E-state index in [1.165, 1.54) is 5.56 Å². The molecule has 0 bridgehead atoms. The summed E-state index contributed by atoms with van der Waals surface area (Å²) in [6.07, 6.45) is 3.74. The standard InChI is InChI=1S/C22H21N3O2S/c26-21(24-19-9-3-8-18-16(19)6-4-13-23-18)12-14-28-20-11-10-15-5-1-2-7-17(15)25-22(20)27/h1-9,13,20H,10-12,14H2,(H,24,26)(H,25,27)/t20-/m1/s1. The first-order valence-electron chi connectivity index (χ1n) is 9.35. The van der Waals surface area contributed by atoms with Gasteiger partial charge in [-0.25, -0.2) is 0 Å². The highest BCUT2D eigenvalue weighted by atomic mass is 32.2. The minimum Gasteiger partial charge on any atom is -0.325 e. The van der Waals surface area contributed by atoms with E-state index in [0.29, 0.717) is 12.2 Å². The van der Waals surface area contributed by atoms with Crippen LogP contribution in [0.2, 0.25) is 0 Å². The summed E-state index contributed by atoms with van der Waals surface area (Å²) in [4.78, 5) is 29.1. The van der Waals surface area contributed by atoms with Gasteiger partial charge in [-0.1, -0.05) is 24.3 Å². The fourth-order valence-electron chi connectivity index (χ4n) is 3.37. The minimum atomic E-state index is -0.137. The molecule has 0 saturated carbocycles. The van der Waals surface area contributed by atoms with Gasteiger partial charge in [-0.05, 0) is 48.7 Å². The predicted octanol–water partition coefficient (Wildman–Crippen LogP) is 4.25. The third kappa shape index (κ3) is 4.17. The van der Waals surface area contributed by atoms with Crippen molar-refractivity contribution in [1.82, 2.24) is 4.98 Å². The van der Waals surface area contributed by atoms with Crippen molar-refractivity contribution in [1.29, 1.82) is 0 Å². The molecule has 0 aliphatic carbocycles. The maximum atomic E-state index is 12.5. The van der Waals surface area contributed by atoms with Crippen molar-refractivity contribution in [3.8, 4) is 0 Å². The molecule has 0 spiro atoms. The Kier molecular flexibility index (Phi) is 5.58. The number of hydrogen-bond donors (Lipinski definition) is 2. The van der Waals surface area contributed by atoms with Gasteiger partial charge in [-0.15, -0.1) is 11.8 Å². The van der Waals surface area contributed by atoms with Crippen LogP contribution in [0.4, 0.5) is 11.4 Å². The van der Waals surface area contributed by atoms with Crippen LogP contribution in [-0.2, 0) is 16.0 Å². The molecule has 3 aromatic rings. The van der Waals surface area contributed by atoms with E-state index >= 15 is 0 Å². The van der Waals surface area contributed by atoms with Crippen LogP contribution < -0.4 is 10.6 Å². The molecule has 0 radical (unpaired) electrons. The lowest BCUT2D eigenvalue weighted by Gasteiger charge is -2.13. The Balaban J connectivity index is 1.31. The van der Waals surface area contributed by atoms with Crippen LogP contribution in [0.3, 0.4) is 0 Å². The van der Waals surface area contributed by atoms with Gasteiger partial charge in [0.25, 0.3) is 0 Å². The van der Waals surface area contributed by atoms with Crippen LogP contribution >= 0.6 is 11.8 Å². The van der Waals surface area contributed by atoms with E-state index in [-0.39, 0.29) is 17.1 Å². The number of nitrogens with zero attached hydrogens (tertiary/aromatic N) is 1. The lowest BCUT2D eigenvalue weighted by atomic mass is 10.1. The molecule has 4 rings (SSSR count). The highest BCUT2D eigenvalue weighted by Gasteiger charge is 2.23. The second-order valence-electron chi connectivity index (χ2n) is 6.72. The highest BCUT2D eigenvalue weighted by Crippen LogP contribution is 2.27. The van der Waals surface area contributed by atoms with Crippen molar-refractivity contribution in [2.75, 3.05) is 16.4 Å². The lowest BCUT2D eigenvalue weighted by molar-refractivity contribution is -0.116. The van der Waals surface area contributed by atoms with Gasteiger partial charge in [0.1, 0.15) is 0 Å². The summed E-state index contributed by atoms with van der Waals surface area (Å²) in [5, 5.41) is 6.76. The van der Waals surface area contributed by atoms with Crippen LogP contribution in [0.25, 0.3) is 10.9 Å². The van der Waals surface area contributed by atoms with Crippen molar-refractivity contribution in [3.63, 3.8) is 0 Å². The number of amides is 2. The number of benzene rings is 2. The number of aromatic nitrogens is 1.